The Morgan fingerprint density at radius 3 is 2.15 bits per heavy atom. The number of likely N-dealkylation sites (tertiary alicyclic amines) is 1. The predicted octanol–water partition coefficient (Wildman–Crippen LogP) is 2.29. The lowest BCUT2D eigenvalue weighted by Crippen LogP contribution is -2.62. The normalized spacial score (nSPS) is 28.5. The van der Waals surface area contributed by atoms with Gasteiger partial charge >= 0.3 is 0 Å². The lowest BCUT2D eigenvalue weighted by molar-refractivity contribution is -0.159. The zero-order valence-electron chi connectivity index (χ0n) is 9.37. The van der Waals surface area contributed by atoms with Crippen molar-refractivity contribution in [3.05, 3.63) is 0 Å². The molecule has 76 valence electrons. The average Bonchev–Trinajstić information content (AvgIpc) is 2.00. The monoisotopic (exact) mass is 183 g/mol. The van der Waals surface area contributed by atoms with Crippen LogP contribution in [0.5, 0.6) is 0 Å². The predicted molar refractivity (Wildman–Crippen MR) is 54.4 cm³/mol. The van der Waals surface area contributed by atoms with Gasteiger partial charge in [0.15, 0.2) is 0 Å². The molecule has 0 unspecified atom stereocenters. The Morgan fingerprint density at radius 1 is 1.31 bits per heavy atom. The Kier molecular flexibility index (Phi) is 2.99. The van der Waals surface area contributed by atoms with Gasteiger partial charge in [0.25, 0.3) is 0 Å². The molecule has 0 aliphatic carbocycles. The van der Waals surface area contributed by atoms with E-state index in [0.717, 1.165) is 6.42 Å². The molecule has 0 aromatic carbocycles. The Labute approximate surface area is 81.3 Å². The van der Waals surface area contributed by atoms with Crippen LogP contribution in [0, 0.1) is 11.8 Å². The van der Waals surface area contributed by atoms with Crippen molar-refractivity contribution in [1.82, 2.24) is 4.90 Å². The van der Waals surface area contributed by atoms with E-state index in [0.29, 0.717) is 29.8 Å². The quantitative estimate of drug-likeness (QED) is 0.615. The Hall–Kier alpha value is -0.530. The molecule has 1 rings (SSSR count). The molecule has 2 heteroatoms. The molecule has 0 aromatic rings. The molecule has 0 bridgehead atoms. The highest BCUT2D eigenvalue weighted by Gasteiger charge is 2.44. The highest BCUT2D eigenvalue weighted by atomic mass is 16.2. The fraction of sp³-hybridized carbons (Fsp3) is 0.909. The molecule has 1 heterocycles. The first-order valence-electron chi connectivity index (χ1n) is 5.27. The summed E-state index contributed by atoms with van der Waals surface area (Å²) in [5.74, 6) is 1.28. The third-order valence-corrected chi connectivity index (χ3v) is 2.87. The van der Waals surface area contributed by atoms with Crippen LogP contribution in [0.1, 0.15) is 41.0 Å². The lowest BCUT2D eigenvalue weighted by atomic mass is 9.81. The van der Waals surface area contributed by atoms with Crippen molar-refractivity contribution in [3.8, 4) is 0 Å². The maximum Gasteiger partial charge on any atom is 0.228 e. The molecule has 0 aromatic heterocycles. The van der Waals surface area contributed by atoms with Crippen LogP contribution in [-0.4, -0.2) is 22.9 Å². The molecular formula is C11H21NO. The van der Waals surface area contributed by atoms with E-state index < -0.39 is 0 Å². The van der Waals surface area contributed by atoms with E-state index in [9.17, 15) is 4.79 Å². The Balaban J connectivity index is 2.52. The second-order valence-corrected chi connectivity index (χ2v) is 4.82. The standard InChI is InChI=1S/C11H21NO/c1-7(2)6-10-9(5)12(8(3)4)11(10)13/h7-10H,6H2,1-5H3/t9-,10-/m1/s1. The first-order chi connectivity index (χ1) is 5.95. The van der Waals surface area contributed by atoms with Crippen molar-refractivity contribution in [1.29, 1.82) is 0 Å². The fourth-order valence-electron chi connectivity index (χ4n) is 2.24. The van der Waals surface area contributed by atoms with Crippen LogP contribution in [0.15, 0.2) is 0 Å². The van der Waals surface area contributed by atoms with Gasteiger partial charge in [-0.15, -0.1) is 0 Å². The number of rotatable bonds is 3. The van der Waals surface area contributed by atoms with Gasteiger partial charge in [0.2, 0.25) is 5.91 Å². The number of hydrogen-bond donors (Lipinski definition) is 0. The van der Waals surface area contributed by atoms with E-state index in [4.69, 9.17) is 0 Å². The van der Waals surface area contributed by atoms with Crippen LogP contribution in [0.2, 0.25) is 0 Å². The van der Waals surface area contributed by atoms with Crippen molar-refractivity contribution in [2.24, 2.45) is 11.8 Å². The molecule has 0 saturated carbocycles. The highest BCUT2D eigenvalue weighted by molar-refractivity contribution is 5.86. The molecule has 0 N–H and O–H groups in total. The summed E-state index contributed by atoms with van der Waals surface area (Å²) in [5.41, 5.74) is 0. The highest BCUT2D eigenvalue weighted by Crippen LogP contribution is 2.33. The second-order valence-electron chi connectivity index (χ2n) is 4.82. The maximum atomic E-state index is 11.7. The average molecular weight is 183 g/mol. The number of hydrogen-bond acceptors (Lipinski definition) is 1. The SMILES string of the molecule is CC(C)C[C@H]1C(=O)N(C(C)C)[C@@H]1C. The largest absolute Gasteiger partial charge is 0.336 e. The van der Waals surface area contributed by atoms with Crippen LogP contribution < -0.4 is 0 Å². The minimum atomic E-state index is 0.294. The Bertz CT molecular complexity index is 198. The minimum absolute atomic E-state index is 0.294. The summed E-state index contributed by atoms with van der Waals surface area (Å²) >= 11 is 0. The molecule has 2 atom stereocenters. The van der Waals surface area contributed by atoms with E-state index >= 15 is 0 Å². The number of nitrogens with zero attached hydrogens (tertiary/aromatic N) is 1. The smallest absolute Gasteiger partial charge is 0.228 e. The van der Waals surface area contributed by atoms with Gasteiger partial charge in [-0.1, -0.05) is 13.8 Å². The van der Waals surface area contributed by atoms with E-state index in [1.54, 1.807) is 0 Å². The molecule has 1 saturated heterocycles. The number of amides is 1. The first-order valence-corrected chi connectivity index (χ1v) is 5.27. The second kappa shape index (κ2) is 3.69. The maximum absolute atomic E-state index is 11.7. The van der Waals surface area contributed by atoms with Gasteiger partial charge in [-0.2, -0.15) is 0 Å². The molecule has 1 aliphatic heterocycles. The van der Waals surface area contributed by atoms with Crippen molar-refractivity contribution in [2.75, 3.05) is 0 Å². The summed E-state index contributed by atoms with van der Waals surface area (Å²) in [4.78, 5) is 13.7. The van der Waals surface area contributed by atoms with Crippen molar-refractivity contribution in [3.63, 3.8) is 0 Å². The van der Waals surface area contributed by atoms with Crippen LogP contribution in [0.3, 0.4) is 0 Å². The van der Waals surface area contributed by atoms with Crippen molar-refractivity contribution in [2.45, 2.75) is 53.1 Å². The fourth-order valence-corrected chi connectivity index (χ4v) is 2.24. The number of β-lactam (4-membered cyclic amide) rings is 1. The zero-order chi connectivity index (χ0) is 10.2. The first kappa shape index (κ1) is 10.6. The van der Waals surface area contributed by atoms with Gasteiger partial charge in [0.1, 0.15) is 0 Å². The van der Waals surface area contributed by atoms with Gasteiger partial charge in [-0.05, 0) is 33.1 Å². The summed E-state index contributed by atoms with van der Waals surface area (Å²) in [6.45, 7) is 10.7. The van der Waals surface area contributed by atoms with E-state index in [2.05, 4.69) is 34.6 Å². The molecule has 0 spiro atoms. The van der Waals surface area contributed by atoms with E-state index in [-0.39, 0.29) is 0 Å². The number of carbonyl (C=O) groups is 1. The summed E-state index contributed by atoms with van der Waals surface area (Å²) in [5, 5.41) is 0. The third-order valence-electron chi connectivity index (χ3n) is 2.87. The van der Waals surface area contributed by atoms with Crippen LogP contribution in [0.4, 0.5) is 0 Å². The van der Waals surface area contributed by atoms with Gasteiger partial charge in [-0.3, -0.25) is 4.79 Å². The summed E-state index contributed by atoms with van der Waals surface area (Å²) < 4.78 is 0. The van der Waals surface area contributed by atoms with E-state index in [1.165, 1.54) is 0 Å². The van der Waals surface area contributed by atoms with Gasteiger partial charge in [0, 0.05) is 12.1 Å². The molecular weight excluding hydrogens is 162 g/mol. The molecule has 2 nitrogen and oxygen atoms in total. The molecule has 1 aliphatic rings. The third kappa shape index (κ3) is 1.87. The van der Waals surface area contributed by atoms with Gasteiger partial charge < -0.3 is 4.90 Å². The summed E-state index contributed by atoms with van der Waals surface area (Å²) in [6, 6.07) is 0.820. The van der Waals surface area contributed by atoms with Gasteiger partial charge in [-0.25, -0.2) is 0 Å². The minimum Gasteiger partial charge on any atom is -0.336 e. The van der Waals surface area contributed by atoms with E-state index in [1.807, 2.05) is 4.90 Å². The summed E-state index contributed by atoms with van der Waals surface area (Å²) in [6.07, 6.45) is 1.04. The topological polar surface area (TPSA) is 20.3 Å². The zero-order valence-corrected chi connectivity index (χ0v) is 9.37. The Morgan fingerprint density at radius 2 is 1.85 bits per heavy atom. The van der Waals surface area contributed by atoms with Crippen LogP contribution in [-0.2, 0) is 4.79 Å². The summed E-state index contributed by atoms with van der Waals surface area (Å²) in [7, 11) is 0. The molecule has 13 heavy (non-hydrogen) atoms. The van der Waals surface area contributed by atoms with Crippen LogP contribution >= 0.6 is 0 Å². The van der Waals surface area contributed by atoms with Gasteiger partial charge in [0.05, 0.1) is 5.92 Å². The molecule has 1 fully saturated rings. The van der Waals surface area contributed by atoms with Crippen molar-refractivity contribution < 1.29 is 4.79 Å². The lowest BCUT2D eigenvalue weighted by Gasteiger charge is -2.48. The molecule has 0 radical (unpaired) electrons. The van der Waals surface area contributed by atoms with Crippen LogP contribution in [0.25, 0.3) is 0 Å². The van der Waals surface area contributed by atoms with Crippen molar-refractivity contribution >= 4 is 5.91 Å². The molecule has 1 amide bonds. The number of carbonyl (C=O) groups excluding carboxylic acids is 1.